The van der Waals surface area contributed by atoms with Crippen LogP contribution in [-0.4, -0.2) is 29.9 Å². The average molecular weight is 433 g/mol. The molecule has 0 aromatic rings. The van der Waals surface area contributed by atoms with Gasteiger partial charge in [-0.25, -0.2) is 0 Å². The van der Waals surface area contributed by atoms with Gasteiger partial charge in [0, 0.05) is 25.7 Å². The summed E-state index contributed by atoms with van der Waals surface area (Å²) in [5.41, 5.74) is -0.0107. The van der Waals surface area contributed by atoms with Gasteiger partial charge >= 0.3 is 11.9 Å². The Kier molecular flexibility index (Phi) is 5.79. The summed E-state index contributed by atoms with van der Waals surface area (Å²) in [5.74, 6) is 2.13. The van der Waals surface area contributed by atoms with Gasteiger partial charge in [0.05, 0.1) is 0 Å². The first-order chi connectivity index (χ1) is 14.5. The highest BCUT2D eigenvalue weighted by atomic mass is 16.5. The van der Waals surface area contributed by atoms with Crippen molar-refractivity contribution in [3.63, 3.8) is 0 Å². The molecule has 0 N–H and O–H groups in total. The smallest absolute Gasteiger partial charge is 0.302 e. The van der Waals surface area contributed by atoms with Crippen LogP contribution >= 0.6 is 0 Å². The number of carbonyl (C=O) groups excluding carboxylic acids is 3. The van der Waals surface area contributed by atoms with Crippen LogP contribution in [-0.2, 0) is 23.9 Å². The summed E-state index contributed by atoms with van der Waals surface area (Å²) in [5, 5.41) is 0. The van der Waals surface area contributed by atoms with Crippen LogP contribution < -0.4 is 0 Å². The zero-order valence-corrected chi connectivity index (χ0v) is 20.1. The highest BCUT2D eigenvalue weighted by molar-refractivity contribution is 5.80. The van der Waals surface area contributed by atoms with Gasteiger partial charge in [0.1, 0.15) is 18.0 Å². The summed E-state index contributed by atoms with van der Waals surface area (Å²) >= 11 is 0. The second-order valence-electron chi connectivity index (χ2n) is 11.7. The molecule has 0 spiro atoms. The van der Waals surface area contributed by atoms with E-state index < -0.39 is 0 Å². The summed E-state index contributed by atoms with van der Waals surface area (Å²) < 4.78 is 11.7. The Hall–Kier alpha value is -1.39. The first-order valence-corrected chi connectivity index (χ1v) is 12.3. The predicted molar refractivity (Wildman–Crippen MR) is 117 cm³/mol. The zero-order valence-electron chi connectivity index (χ0n) is 20.1. The van der Waals surface area contributed by atoms with Gasteiger partial charge in [-0.1, -0.05) is 20.8 Å². The Morgan fingerprint density at radius 3 is 2.16 bits per heavy atom. The molecule has 4 aliphatic rings. The molecule has 0 aliphatic heterocycles. The fraction of sp³-hybridized carbons (Fsp3) is 0.885. The second-order valence-corrected chi connectivity index (χ2v) is 11.7. The van der Waals surface area contributed by atoms with Crippen LogP contribution in [0.3, 0.4) is 0 Å². The lowest BCUT2D eigenvalue weighted by Gasteiger charge is -2.62. The van der Waals surface area contributed by atoms with E-state index in [2.05, 4.69) is 20.8 Å². The monoisotopic (exact) mass is 432 g/mol. The zero-order chi connectivity index (χ0) is 22.7. The summed E-state index contributed by atoms with van der Waals surface area (Å²) in [6.07, 6.45) is 6.84. The van der Waals surface area contributed by atoms with E-state index in [0.29, 0.717) is 35.4 Å². The Morgan fingerprint density at radius 2 is 1.55 bits per heavy atom. The molecule has 0 heterocycles. The predicted octanol–water partition coefficient (Wildman–Crippen LogP) is 4.95. The Labute approximate surface area is 187 Å². The topological polar surface area (TPSA) is 69.7 Å². The van der Waals surface area contributed by atoms with E-state index in [1.54, 1.807) is 6.92 Å². The lowest BCUT2D eigenvalue weighted by Crippen LogP contribution is -2.60. The number of fused-ring (bicyclic) bond motifs is 5. The number of carbonyl (C=O) groups is 3. The molecule has 10 atom stereocenters. The third kappa shape index (κ3) is 3.64. The van der Waals surface area contributed by atoms with E-state index >= 15 is 0 Å². The molecule has 5 nitrogen and oxygen atoms in total. The van der Waals surface area contributed by atoms with Crippen LogP contribution in [0, 0.1) is 46.3 Å². The second kappa shape index (κ2) is 7.88. The number of ketones is 1. The molecule has 31 heavy (non-hydrogen) atoms. The maximum atomic E-state index is 12.7. The number of rotatable bonds is 3. The summed E-state index contributed by atoms with van der Waals surface area (Å²) in [6.45, 7) is 11.7. The number of Topliss-reactive ketones (excluding diaryl/α,β-unsaturated/α-hetero) is 1. The van der Waals surface area contributed by atoms with E-state index in [0.717, 1.165) is 44.9 Å². The van der Waals surface area contributed by atoms with Crippen LogP contribution in [0.1, 0.15) is 86.5 Å². The van der Waals surface area contributed by atoms with Gasteiger partial charge < -0.3 is 9.47 Å². The number of hydrogen-bond acceptors (Lipinski definition) is 5. The summed E-state index contributed by atoms with van der Waals surface area (Å²) in [6, 6.07) is 0. The van der Waals surface area contributed by atoms with E-state index in [1.807, 2.05) is 0 Å². The van der Waals surface area contributed by atoms with Crippen LogP contribution in [0.5, 0.6) is 0 Å². The molecule has 0 aromatic heterocycles. The lowest BCUT2D eigenvalue weighted by atomic mass is 9.43. The fourth-order valence-corrected chi connectivity index (χ4v) is 9.21. The van der Waals surface area contributed by atoms with E-state index in [9.17, 15) is 14.4 Å². The minimum Gasteiger partial charge on any atom is -0.463 e. The standard InChI is InChI=1S/C26H40O5/c1-14-11-21-20-8-7-18-12-19(30-16(3)28)9-10-25(18,5)24(20)22(31-17(4)29)13-26(21,6)23(14)15(2)27/h14,18-24H,7-13H2,1-6H3/t14-,18?,19-,20?,21?,22-,23?,24?,25+,26+/m1/s1. The molecule has 4 fully saturated rings. The van der Waals surface area contributed by atoms with Gasteiger partial charge in [-0.05, 0) is 86.4 Å². The third-order valence-corrected chi connectivity index (χ3v) is 9.95. The highest BCUT2D eigenvalue weighted by Crippen LogP contribution is 2.69. The van der Waals surface area contributed by atoms with Crippen molar-refractivity contribution in [2.75, 3.05) is 0 Å². The average Bonchev–Trinajstić information content (AvgIpc) is 2.90. The van der Waals surface area contributed by atoms with Crippen LogP contribution in [0.2, 0.25) is 0 Å². The van der Waals surface area contributed by atoms with Gasteiger partial charge in [0.25, 0.3) is 0 Å². The van der Waals surface area contributed by atoms with E-state index in [4.69, 9.17) is 9.47 Å². The van der Waals surface area contributed by atoms with Crippen LogP contribution in [0.4, 0.5) is 0 Å². The third-order valence-electron chi connectivity index (χ3n) is 9.95. The molecular weight excluding hydrogens is 392 g/mol. The van der Waals surface area contributed by atoms with Crippen LogP contribution in [0.15, 0.2) is 0 Å². The van der Waals surface area contributed by atoms with Gasteiger partial charge in [0.2, 0.25) is 0 Å². The molecule has 0 amide bonds. The molecule has 4 saturated carbocycles. The van der Waals surface area contributed by atoms with Crippen molar-refractivity contribution in [1.29, 1.82) is 0 Å². The van der Waals surface area contributed by atoms with Crippen molar-refractivity contribution in [3.05, 3.63) is 0 Å². The van der Waals surface area contributed by atoms with Gasteiger partial charge in [-0.15, -0.1) is 0 Å². The molecule has 5 unspecified atom stereocenters. The summed E-state index contributed by atoms with van der Waals surface area (Å²) in [7, 11) is 0. The molecule has 0 saturated heterocycles. The minimum absolute atomic E-state index is 0.0155. The number of esters is 2. The van der Waals surface area contributed by atoms with Crippen molar-refractivity contribution in [3.8, 4) is 0 Å². The Morgan fingerprint density at radius 1 is 0.871 bits per heavy atom. The largest absolute Gasteiger partial charge is 0.463 e. The number of hydrogen-bond donors (Lipinski definition) is 0. The lowest BCUT2D eigenvalue weighted by molar-refractivity contribution is -0.200. The Balaban J connectivity index is 1.68. The molecule has 174 valence electrons. The molecule has 4 rings (SSSR count). The maximum Gasteiger partial charge on any atom is 0.302 e. The van der Waals surface area contributed by atoms with Gasteiger partial charge in [-0.3, -0.25) is 14.4 Å². The fourth-order valence-electron chi connectivity index (χ4n) is 9.21. The van der Waals surface area contributed by atoms with E-state index in [1.165, 1.54) is 13.8 Å². The SMILES string of the molecule is CC(=O)O[C@@H]1CC[C@@]2(C)C(CCC3C4C[C@@H](C)C(C(C)=O)[C@@]4(C)C[C@@H](OC(C)=O)C32)C1. The van der Waals surface area contributed by atoms with E-state index in [-0.39, 0.29) is 40.9 Å². The molecule has 0 aromatic carbocycles. The van der Waals surface area contributed by atoms with Crippen molar-refractivity contribution >= 4 is 17.7 Å². The minimum atomic E-state index is -0.212. The first kappa shape index (κ1) is 22.8. The molecular formula is C26H40O5. The normalized spacial score (nSPS) is 48.7. The van der Waals surface area contributed by atoms with Gasteiger partial charge in [-0.2, -0.15) is 0 Å². The molecule has 0 bridgehead atoms. The van der Waals surface area contributed by atoms with Crippen molar-refractivity contribution in [2.45, 2.75) is 98.7 Å². The van der Waals surface area contributed by atoms with Gasteiger partial charge in [0.15, 0.2) is 0 Å². The van der Waals surface area contributed by atoms with Crippen molar-refractivity contribution in [1.82, 2.24) is 0 Å². The first-order valence-electron chi connectivity index (χ1n) is 12.3. The Bertz CT molecular complexity index is 761. The van der Waals surface area contributed by atoms with Crippen molar-refractivity contribution < 1.29 is 23.9 Å². The molecule has 4 aliphatic carbocycles. The quantitative estimate of drug-likeness (QED) is 0.590. The molecule has 0 radical (unpaired) electrons. The highest BCUT2D eigenvalue weighted by Gasteiger charge is 2.66. The molecule has 5 heteroatoms. The van der Waals surface area contributed by atoms with Crippen LogP contribution in [0.25, 0.3) is 0 Å². The maximum absolute atomic E-state index is 12.7. The van der Waals surface area contributed by atoms with Crippen molar-refractivity contribution in [2.24, 2.45) is 46.3 Å². The summed E-state index contributed by atoms with van der Waals surface area (Å²) in [4.78, 5) is 36.3. The number of ether oxygens (including phenoxy) is 2.